The Hall–Kier alpha value is -3.67. The number of hydrogen-bond acceptors (Lipinski definition) is 3. The molecule has 1 atom stereocenters. The molecule has 0 aromatic heterocycles. The SMILES string of the molecule is CNC(=O)[C@H](Cc1ccccc1)N(Cc1ccccc1F)C(=O)COc1ccccc1C(C)(C)C. The zero-order chi connectivity index (χ0) is 25.4. The summed E-state index contributed by atoms with van der Waals surface area (Å²) in [6, 6.07) is 22.5. The van der Waals surface area contributed by atoms with E-state index in [0.29, 0.717) is 17.7 Å². The van der Waals surface area contributed by atoms with Crippen molar-refractivity contribution in [3.8, 4) is 5.75 Å². The summed E-state index contributed by atoms with van der Waals surface area (Å²) in [7, 11) is 1.53. The minimum atomic E-state index is -0.837. The number of likely N-dealkylation sites (N-methyl/N-ethyl adjacent to an activating group) is 1. The van der Waals surface area contributed by atoms with Crippen LogP contribution in [0.25, 0.3) is 0 Å². The molecule has 2 amide bonds. The molecular weight excluding hydrogens is 443 g/mol. The molecule has 0 unspecified atom stereocenters. The molecule has 0 aliphatic heterocycles. The molecule has 0 radical (unpaired) electrons. The van der Waals surface area contributed by atoms with Gasteiger partial charge in [-0.3, -0.25) is 9.59 Å². The van der Waals surface area contributed by atoms with Crippen molar-refractivity contribution in [2.24, 2.45) is 0 Å². The molecule has 3 aromatic rings. The fourth-order valence-electron chi connectivity index (χ4n) is 3.97. The van der Waals surface area contributed by atoms with E-state index in [-0.39, 0.29) is 24.5 Å². The van der Waals surface area contributed by atoms with E-state index >= 15 is 0 Å². The van der Waals surface area contributed by atoms with E-state index in [1.807, 2.05) is 54.6 Å². The molecule has 0 aliphatic carbocycles. The van der Waals surface area contributed by atoms with Gasteiger partial charge in [0.05, 0.1) is 0 Å². The van der Waals surface area contributed by atoms with Crippen LogP contribution in [0.2, 0.25) is 0 Å². The Bertz CT molecular complexity index is 1140. The Morgan fingerprint density at radius 1 is 0.943 bits per heavy atom. The van der Waals surface area contributed by atoms with Gasteiger partial charge < -0.3 is 15.0 Å². The summed E-state index contributed by atoms with van der Waals surface area (Å²) >= 11 is 0. The van der Waals surface area contributed by atoms with E-state index in [0.717, 1.165) is 11.1 Å². The Kier molecular flexibility index (Phi) is 8.63. The minimum Gasteiger partial charge on any atom is -0.483 e. The lowest BCUT2D eigenvalue weighted by Gasteiger charge is -2.31. The molecule has 6 heteroatoms. The summed E-state index contributed by atoms with van der Waals surface area (Å²) in [4.78, 5) is 27.9. The maximum Gasteiger partial charge on any atom is 0.261 e. The highest BCUT2D eigenvalue weighted by Gasteiger charge is 2.31. The zero-order valence-corrected chi connectivity index (χ0v) is 20.8. The molecule has 0 heterocycles. The smallest absolute Gasteiger partial charge is 0.261 e. The van der Waals surface area contributed by atoms with E-state index in [2.05, 4.69) is 26.1 Å². The summed E-state index contributed by atoms with van der Waals surface area (Å²) < 4.78 is 20.5. The number of halogens is 1. The number of ether oxygens (including phenoxy) is 1. The van der Waals surface area contributed by atoms with Crippen molar-refractivity contribution in [2.75, 3.05) is 13.7 Å². The molecule has 0 bridgehead atoms. The first kappa shape index (κ1) is 25.9. The molecule has 0 aliphatic rings. The van der Waals surface area contributed by atoms with Gasteiger partial charge in [-0.25, -0.2) is 4.39 Å². The number of rotatable bonds is 9. The van der Waals surface area contributed by atoms with Crippen molar-refractivity contribution < 1.29 is 18.7 Å². The Morgan fingerprint density at radius 3 is 2.23 bits per heavy atom. The summed E-state index contributed by atoms with van der Waals surface area (Å²) in [6.07, 6.45) is 0.291. The van der Waals surface area contributed by atoms with Crippen LogP contribution in [-0.4, -0.2) is 36.4 Å². The maximum atomic E-state index is 14.6. The first-order valence-corrected chi connectivity index (χ1v) is 11.7. The molecule has 0 saturated carbocycles. The molecule has 0 saturated heterocycles. The lowest BCUT2D eigenvalue weighted by molar-refractivity contribution is -0.142. The van der Waals surface area contributed by atoms with Gasteiger partial charge in [-0.2, -0.15) is 0 Å². The lowest BCUT2D eigenvalue weighted by atomic mass is 9.86. The normalized spacial score (nSPS) is 12.0. The number of carbonyl (C=O) groups excluding carboxylic acids is 2. The second-order valence-electron chi connectivity index (χ2n) is 9.47. The number of nitrogens with one attached hydrogen (secondary N) is 1. The van der Waals surface area contributed by atoms with Gasteiger partial charge in [-0.05, 0) is 28.7 Å². The Morgan fingerprint density at radius 2 is 1.57 bits per heavy atom. The third-order valence-electron chi connectivity index (χ3n) is 5.86. The second kappa shape index (κ2) is 11.6. The predicted octanol–water partition coefficient (Wildman–Crippen LogP) is 4.89. The largest absolute Gasteiger partial charge is 0.483 e. The van der Waals surface area contributed by atoms with Gasteiger partial charge in [0, 0.05) is 25.6 Å². The third kappa shape index (κ3) is 6.92. The van der Waals surface area contributed by atoms with Crippen molar-refractivity contribution in [1.82, 2.24) is 10.2 Å². The lowest BCUT2D eigenvalue weighted by Crippen LogP contribution is -2.51. The van der Waals surface area contributed by atoms with Crippen LogP contribution in [0.5, 0.6) is 5.75 Å². The van der Waals surface area contributed by atoms with Gasteiger partial charge in [0.25, 0.3) is 5.91 Å². The van der Waals surface area contributed by atoms with Crippen LogP contribution in [0.3, 0.4) is 0 Å². The molecule has 3 aromatic carbocycles. The highest BCUT2D eigenvalue weighted by Crippen LogP contribution is 2.31. The van der Waals surface area contributed by atoms with Crippen LogP contribution in [0, 0.1) is 5.82 Å². The quantitative estimate of drug-likeness (QED) is 0.479. The third-order valence-corrected chi connectivity index (χ3v) is 5.86. The van der Waals surface area contributed by atoms with Crippen LogP contribution in [0.4, 0.5) is 4.39 Å². The maximum absolute atomic E-state index is 14.6. The van der Waals surface area contributed by atoms with Crippen molar-refractivity contribution in [1.29, 1.82) is 0 Å². The van der Waals surface area contributed by atoms with E-state index in [1.165, 1.54) is 18.0 Å². The van der Waals surface area contributed by atoms with Crippen molar-refractivity contribution in [2.45, 2.75) is 45.2 Å². The van der Waals surface area contributed by atoms with E-state index in [4.69, 9.17) is 4.74 Å². The van der Waals surface area contributed by atoms with Gasteiger partial charge in [-0.15, -0.1) is 0 Å². The molecule has 184 valence electrons. The first-order chi connectivity index (χ1) is 16.7. The summed E-state index contributed by atoms with van der Waals surface area (Å²) in [6.45, 7) is 5.89. The number of carbonyl (C=O) groups is 2. The van der Waals surface area contributed by atoms with Gasteiger partial charge in [-0.1, -0.05) is 87.5 Å². The molecule has 0 spiro atoms. The van der Waals surface area contributed by atoms with Gasteiger partial charge in [0.1, 0.15) is 17.6 Å². The predicted molar refractivity (Wildman–Crippen MR) is 136 cm³/mol. The topological polar surface area (TPSA) is 58.6 Å². The number of hydrogen-bond donors (Lipinski definition) is 1. The van der Waals surface area contributed by atoms with Crippen molar-refractivity contribution >= 4 is 11.8 Å². The average molecular weight is 477 g/mol. The van der Waals surface area contributed by atoms with E-state index in [1.54, 1.807) is 18.2 Å². The monoisotopic (exact) mass is 476 g/mol. The fourth-order valence-corrected chi connectivity index (χ4v) is 3.97. The number of benzene rings is 3. The van der Waals surface area contributed by atoms with Crippen LogP contribution in [-0.2, 0) is 28.0 Å². The Balaban J connectivity index is 1.92. The van der Waals surface area contributed by atoms with Crippen LogP contribution < -0.4 is 10.1 Å². The van der Waals surface area contributed by atoms with Gasteiger partial charge in [0.2, 0.25) is 5.91 Å². The van der Waals surface area contributed by atoms with Crippen LogP contribution in [0.15, 0.2) is 78.9 Å². The minimum absolute atomic E-state index is 0.0549. The Labute approximate surface area is 206 Å². The van der Waals surface area contributed by atoms with E-state index in [9.17, 15) is 14.0 Å². The molecule has 3 rings (SSSR count). The highest BCUT2D eigenvalue weighted by molar-refractivity contribution is 5.88. The fraction of sp³-hybridized carbons (Fsp3) is 0.310. The standard InChI is InChI=1S/C29H33FN2O3/c1-29(2,3)23-15-9-11-17-26(23)35-20-27(33)32(19-22-14-8-10-16-24(22)30)25(28(34)31-4)18-21-12-6-5-7-13-21/h5-17,25H,18-20H2,1-4H3,(H,31,34)/t25-/m0/s1. The highest BCUT2D eigenvalue weighted by atomic mass is 19.1. The van der Waals surface area contributed by atoms with Gasteiger partial charge >= 0.3 is 0 Å². The van der Waals surface area contributed by atoms with E-state index < -0.39 is 17.8 Å². The molecule has 1 N–H and O–H groups in total. The number of nitrogens with zero attached hydrogens (tertiary/aromatic N) is 1. The number of para-hydroxylation sites is 1. The van der Waals surface area contributed by atoms with Gasteiger partial charge in [0.15, 0.2) is 6.61 Å². The second-order valence-corrected chi connectivity index (χ2v) is 9.47. The first-order valence-electron chi connectivity index (χ1n) is 11.7. The molecular formula is C29H33FN2O3. The summed E-state index contributed by atoms with van der Waals surface area (Å²) in [5.74, 6) is -0.548. The molecule has 0 fully saturated rings. The summed E-state index contributed by atoms with van der Waals surface area (Å²) in [5, 5.41) is 2.66. The van der Waals surface area contributed by atoms with Crippen LogP contribution >= 0.6 is 0 Å². The molecule has 5 nitrogen and oxygen atoms in total. The van der Waals surface area contributed by atoms with Crippen molar-refractivity contribution in [3.63, 3.8) is 0 Å². The number of amides is 2. The zero-order valence-electron chi connectivity index (χ0n) is 20.8. The summed E-state index contributed by atoms with van der Waals surface area (Å²) in [5.41, 5.74) is 2.02. The van der Waals surface area contributed by atoms with Crippen LogP contribution in [0.1, 0.15) is 37.5 Å². The van der Waals surface area contributed by atoms with Crippen molar-refractivity contribution in [3.05, 3.63) is 101 Å². The average Bonchev–Trinajstić information content (AvgIpc) is 2.85. The molecule has 35 heavy (non-hydrogen) atoms.